The second-order valence-electron chi connectivity index (χ2n) is 4.07. The van der Waals surface area contributed by atoms with Crippen LogP contribution in [0.5, 0.6) is 0 Å². The highest BCUT2D eigenvalue weighted by Gasteiger charge is 1.97. The third-order valence-corrected chi connectivity index (χ3v) is 2.49. The minimum atomic E-state index is -0.408. The van der Waals surface area contributed by atoms with Crippen molar-refractivity contribution in [1.82, 2.24) is 0 Å². The van der Waals surface area contributed by atoms with E-state index < -0.39 is 5.91 Å². The highest BCUT2D eigenvalue weighted by Crippen LogP contribution is 2.04. The first-order chi connectivity index (χ1) is 9.74. The molecule has 0 aromatic heterocycles. The molecule has 0 bridgehead atoms. The van der Waals surface area contributed by atoms with Gasteiger partial charge in [0.1, 0.15) is 0 Å². The lowest BCUT2D eigenvalue weighted by molar-refractivity contribution is -0.113. The first-order valence-electron chi connectivity index (χ1n) is 6.17. The summed E-state index contributed by atoms with van der Waals surface area (Å²) in [4.78, 5) is 15.4. The zero-order valence-corrected chi connectivity index (χ0v) is 10.9. The molecule has 0 fully saturated rings. The van der Waals surface area contributed by atoms with Gasteiger partial charge in [-0.2, -0.15) is 4.99 Å². The smallest absolute Gasteiger partial charge is 0.272 e. The number of nitrogens with one attached hydrogen (secondary N) is 1. The van der Waals surface area contributed by atoms with Gasteiger partial charge in [0.2, 0.25) is 5.96 Å². The number of aliphatic imine (C=N–C) groups is 1. The van der Waals surface area contributed by atoms with Crippen LogP contribution in [0.4, 0.5) is 5.69 Å². The van der Waals surface area contributed by atoms with Crippen LogP contribution in [0.3, 0.4) is 0 Å². The normalized spacial score (nSPS) is 11.5. The molecule has 3 N–H and O–H groups in total. The van der Waals surface area contributed by atoms with E-state index in [4.69, 9.17) is 5.73 Å². The van der Waals surface area contributed by atoms with Crippen molar-refractivity contribution in [2.24, 2.45) is 10.7 Å². The summed E-state index contributed by atoms with van der Waals surface area (Å²) in [6, 6.07) is 18.8. The van der Waals surface area contributed by atoms with Crippen LogP contribution in [0.15, 0.2) is 71.7 Å². The summed E-state index contributed by atoms with van der Waals surface area (Å²) in [6.45, 7) is 0. The van der Waals surface area contributed by atoms with E-state index in [9.17, 15) is 4.79 Å². The van der Waals surface area contributed by atoms with Gasteiger partial charge in [0.05, 0.1) is 0 Å². The molecular weight excluding hydrogens is 250 g/mol. The Bertz CT molecular complexity index is 619. The van der Waals surface area contributed by atoms with E-state index in [2.05, 4.69) is 10.3 Å². The van der Waals surface area contributed by atoms with Gasteiger partial charge in [0.25, 0.3) is 5.91 Å². The van der Waals surface area contributed by atoms with Gasteiger partial charge < -0.3 is 11.1 Å². The van der Waals surface area contributed by atoms with Gasteiger partial charge in [0, 0.05) is 11.8 Å². The Balaban J connectivity index is 1.96. The van der Waals surface area contributed by atoms with Crippen molar-refractivity contribution >= 4 is 23.6 Å². The molecule has 0 saturated heterocycles. The number of anilines is 1. The standard InChI is InChI=1S/C16H15N3O/c17-16(18-14-9-5-2-6-10-14)19-15(20)12-11-13-7-3-1-4-8-13/h1-12H,(H3,17,18,19,20)/b12-11+. The number of nitrogens with zero attached hydrogens (tertiary/aromatic N) is 1. The number of amides is 1. The zero-order valence-electron chi connectivity index (χ0n) is 10.9. The topological polar surface area (TPSA) is 67.5 Å². The molecule has 20 heavy (non-hydrogen) atoms. The summed E-state index contributed by atoms with van der Waals surface area (Å²) in [5, 5.41) is 2.84. The fraction of sp³-hybridized carbons (Fsp3) is 0. The summed E-state index contributed by atoms with van der Waals surface area (Å²) in [7, 11) is 0. The van der Waals surface area contributed by atoms with Crippen molar-refractivity contribution in [2.45, 2.75) is 0 Å². The number of rotatable bonds is 3. The molecule has 0 heterocycles. The van der Waals surface area contributed by atoms with Crippen molar-refractivity contribution in [3.63, 3.8) is 0 Å². The predicted octanol–water partition coefficient (Wildman–Crippen LogP) is 2.65. The molecule has 0 unspecified atom stereocenters. The lowest BCUT2D eigenvalue weighted by Crippen LogP contribution is -2.23. The average Bonchev–Trinajstić information content (AvgIpc) is 2.47. The Labute approximate surface area is 117 Å². The van der Waals surface area contributed by atoms with Crippen molar-refractivity contribution in [1.29, 1.82) is 0 Å². The number of benzene rings is 2. The number of carbonyl (C=O) groups excluding carboxylic acids is 1. The number of nitrogens with two attached hydrogens (primary N) is 1. The van der Waals surface area contributed by atoms with Crippen LogP contribution in [0, 0.1) is 0 Å². The Kier molecular flexibility index (Phi) is 4.67. The van der Waals surface area contributed by atoms with Crippen molar-refractivity contribution in [3.8, 4) is 0 Å². The summed E-state index contributed by atoms with van der Waals surface area (Å²) >= 11 is 0. The van der Waals surface area contributed by atoms with Gasteiger partial charge >= 0.3 is 0 Å². The summed E-state index contributed by atoms with van der Waals surface area (Å²) in [5.74, 6) is -0.339. The van der Waals surface area contributed by atoms with E-state index >= 15 is 0 Å². The van der Waals surface area contributed by atoms with Crippen molar-refractivity contribution < 1.29 is 4.79 Å². The molecule has 2 aromatic carbocycles. The van der Waals surface area contributed by atoms with Gasteiger partial charge in [-0.25, -0.2) is 0 Å². The fourth-order valence-electron chi connectivity index (χ4n) is 1.58. The third kappa shape index (κ3) is 4.42. The molecule has 0 aliphatic rings. The molecule has 4 nitrogen and oxygen atoms in total. The predicted molar refractivity (Wildman–Crippen MR) is 82.2 cm³/mol. The molecule has 0 spiro atoms. The lowest BCUT2D eigenvalue weighted by atomic mass is 10.2. The zero-order chi connectivity index (χ0) is 14.2. The van der Waals surface area contributed by atoms with Gasteiger partial charge in [-0.05, 0) is 23.8 Å². The molecule has 1 amide bonds. The van der Waals surface area contributed by atoms with Crippen molar-refractivity contribution in [3.05, 3.63) is 72.3 Å². The molecule has 2 aromatic rings. The Morgan fingerprint density at radius 3 is 2.25 bits per heavy atom. The molecule has 0 radical (unpaired) electrons. The van der Waals surface area contributed by atoms with Crippen LogP contribution < -0.4 is 11.1 Å². The fourth-order valence-corrected chi connectivity index (χ4v) is 1.58. The molecule has 0 aliphatic heterocycles. The average molecular weight is 265 g/mol. The molecule has 0 atom stereocenters. The lowest BCUT2D eigenvalue weighted by Gasteiger charge is -2.03. The van der Waals surface area contributed by atoms with Gasteiger partial charge in [0.15, 0.2) is 0 Å². The summed E-state index contributed by atoms with van der Waals surface area (Å²) in [6.07, 6.45) is 3.08. The SMILES string of the molecule is NC(=NC(=O)/C=C/c1ccccc1)Nc1ccccc1. The quantitative estimate of drug-likeness (QED) is 0.509. The third-order valence-electron chi connectivity index (χ3n) is 2.49. The molecular formula is C16H15N3O. The first kappa shape index (κ1) is 13.5. The number of para-hydroxylation sites is 1. The maximum absolute atomic E-state index is 11.6. The molecule has 2 rings (SSSR count). The Hall–Kier alpha value is -2.88. The highest BCUT2D eigenvalue weighted by molar-refractivity contribution is 6.04. The monoisotopic (exact) mass is 265 g/mol. The number of carbonyl (C=O) groups is 1. The van der Waals surface area contributed by atoms with E-state index in [1.54, 1.807) is 6.08 Å². The second-order valence-corrected chi connectivity index (χ2v) is 4.07. The molecule has 4 heteroatoms. The summed E-state index contributed by atoms with van der Waals surface area (Å²) in [5.41, 5.74) is 7.38. The largest absolute Gasteiger partial charge is 0.369 e. The maximum atomic E-state index is 11.6. The van der Waals surface area contributed by atoms with Crippen LogP contribution in [0.25, 0.3) is 6.08 Å². The Morgan fingerprint density at radius 2 is 1.60 bits per heavy atom. The van der Waals surface area contributed by atoms with Crippen LogP contribution in [-0.2, 0) is 4.79 Å². The minimum Gasteiger partial charge on any atom is -0.369 e. The van der Waals surface area contributed by atoms with Gasteiger partial charge in [-0.15, -0.1) is 0 Å². The summed E-state index contributed by atoms with van der Waals surface area (Å²) < 4.78 is 0. The van der Waals surface area contributed by atoms with Crippen LogP contribution in [-0.4, -0.2) is 11.9 Å². The van der Waals surface area contributed by atoms with E-state index in [0.29, 0.717) is 0 Å². The minimum absolute atomic E-state index is 0.0684. The van der Waals surface area contributed by atoms with Gasteiger partial charge in [-0.3, -0.25) is 4.79 Å². The molecule has 0 aliphatic carbocycles. The second kappa shape index (κ2) is 6.89. The van der Waals surface area contributed by atoms with Crippen LogP contribution >= 0.6 is 0 Å². The number of hydrogen-bond acceptors (Lipinski definition) is 1. The Morgan fingerprint density at radius 1 is 1.00 bits per heavy atom. The number of hydrogen-bond donors (Lipinski definition) is 2. The highest BCUT2D eigenvalue weighted by atomic mass is 16.1. The first-order valence-corrected chi connectivity index (χ1v) is 6.17. The van der Waals surface area contributed by atoms with Crippen LogP contribution in [0.1, 0.15) is 5.56 Å². The molecule has 100 valence electrons. The number of guanidine groups is 1. The van der Waals surface area contributed by atoms with Gasteiger partial charge in [-0.1, -0.05) is 48.5 Å². The van der Waals surface area contributed by atoms with E-state index in [0.717, 1.165) is 11.3 Å². The van der Waals surface area contributed by atoms with E-state index in [-0.39, 0.29) is 5.96 Å². The molecule has 0 saturated carbocycles. The maximum Gasteiger partial charge on any atom is 0.272 e. The van der Waals surface area contributed by atoms with E-state index in [1.165, 1.54) is 6.08 Å². The van der Waals surface area contributed by atoms with Crippen LogP contribution in [0.2, 0.25) is 0 Å². The van der Waals surface area contributed by atoms with Crippen molar-refractivity contribution in [2.75, 3.05) is 5.32 Å². The van der Waals surface area contributed by atoms with E-state index in [1.807, 2.05) is 60.7 Å².